The maximum atomic E-state index is 11.6. The van der Waals surface area contributed by atoms with Crippen LogP contribution in [-0.2, 0) is 10.0 Å². The van der Waals surface area contributed by atoms with Gasteiger partial charge in [-0.2, -0.15) is 0 Å². The lowest BCUT2D eigenvalue weighted by molar-refractivity contribution is 0.313. The molecule has 0 amide bonds. The molecule has 1 aliphatic rings. The van der Waals surface area contributed by atoms with Crippen molar-refractivity contribution in [3.63, 3.8) is 0 Å². The number of piperidine rings is 1. The predicted molar refractivity (Wildman–Crippen MR) is 86.6 cm³/mol. The lowest BCUT2D eigenvalue weighted by Crippen LogP contribution is -2.49. The average Bonchev–Trinajstić information content (AvgIpc) is 2.94. The zero-order chi connectivity index (χ0) is 15.9. The van der Waals surface area contributed by atoms with Crippen LogP contribution in [-0.4, -0.2) is 48.1 Å². The standard InChI is InChI=1S/C13H20N6O2S/c1-22(20,21)18-6-3-9(4-7-18)19(15)12-10-2-5-16-13(10)17-8-11(12)14/h2,5,8-9H,3-4,6-7,14-15H2,1H3,(H,16,17). The molecule has 0 radical (unpaired) electrons. The molecule has 0 unspecified atom stereocenters. The second-order valence-corrected chi connectivity index (χ2v) is 7.59. The molecule has 3 rings (SSSR count). The second-order valence-electron chi connectivity index (χ2n) is 5.60. The fourth-order valence-corrected chi connectivity index (χ4v) is 3.81. The number of sulfonamides is 1. The number of nitrogens with two attached hydrogens (primary N) is 2. The summed E-state index contributed by atoms with van der Waals surface area (Å²) in [6.45, 7) is 0.941. The highest BCUT2D eigenvalue weighted by molar-refractivity contribution is 7.88. The minimum atomic E-state index is -3.14. The minimum absolute atomic E-state index is 0.0424. The van der Waals surface area contributed by atoms with E-state index >= 15 is 0 Å². The average molecular weight is 324 g/mol. The van der Waals surface area contributed by atoms with E-state index in [0.717, 1.165) is 16.7 Å². The van der Waals surface area contributed by atoms with Crippen LogP contribution in [0, 0.1) is 0 Å². The van der Waals surface area contributed by atoms with Gasteiger partial charge < -0.3 is 15.7 Å². The number of pyridine rings is 1. The third kappa shape index (κ3) is 2.62. The van der Waals surface area contributed by atoms with Gasteiger partial charge in [-0.05, 0) is 18.9 Å². The van der Waals surface area contributed by atoms with E-state index in [9.17, 15) is 8.42 Å². The molecule has 1 fully saturated rings. The Bertz CT molecular complexity index is 779. The Kier molecular flexibility index (Phi) is 3.71. The maximum Gasteiger partial charge on any atom is 0.211 e. The van der Waals surface area contributed by atoms with Crippen LogP contribution in [0.4, 0.5) is 11.4 Å². The van der Waals surface area contributed by atoms with Crippen molar-refractivity contribution < 1.29 is 8.42 Å². The molecule has 0 aliphatic carbocycles. The van der Waals surface area contributed by atoms with Crippen LogP contribution >= 0.6 is 0 Å². The van der Waals surface area contributed by atoms with Crippen molar-refractivity contribution >= 4 is 32.4 Å². The molecule has 1 saturated heterocycles. The van der Waals surface area contributed by atoms with Crippen molar-refractivity contribution in [3.8, 4) is 0 Å². The molecular weight excluding hydrogens is 304 g/mol. The maximum absolute atomic E-state index is 11.6. The van der Waals surface area contributed by atoms with Crippen LogP contribution < -0.4 is 16.6 Å². The quantitative estimate of drug-likeness (QED) is 0.549. The lowest BCUT2D eigenvalue weighted by atomic mass is 10.0. The van der Waals surface area contributed by atoms with Crippen molar-refractivity contribution in [1.82, 2.24) is 14.3 Å². The van der Waals surface area contributed by atoms with Gasteiger partial charge in [-0.25, -0.2) is 23.5 Å². The van der Waals surface area contributed by atoms with E-state index in [4.69, 9.17) is 11.6 Å². The van der Waals surface area contributed by atoms with Gasteiger partial charge in [0, 0.05) is 30.7 Å². The van der Waals surface area contributed by atoms with E-state index in [-0.39, 0.29) is 6.04 Å². The zero-order valence-corrected chi connectivity index (χ0v) is 13.2. The highest BCUT2D eigenvalue weighted by Gasteiger charge is 2.29. The monoisotopic (exact) mass is 324 g/mol. The molecular formula is C13H20N6O2S. The van der Waals surface area contributed by atoms with Crippen LogP contribution in [0.3, 0.4) is 0 Å². The number of hydrazine groups is 1. The highest BCUT2D eigenvalue weighted by atomic mass is 32.2. The number of nitrogen functional groups attached to an aromatic ring is 1. The van der Waals surface area contributed by atoms with Crippen LogP contribution in [0.15, 0.2) is 18.5 Å². The van der Waals surface area contributed by atoms with Gasteiger partial charge in [0.05, 0.1) is 23.8 Å². The molecule has 0 spiro atoms. The van der Waals surface area contributed by atoms with Crippen LogP contribution in [0.2, 0.25) is 0 Å². The summed E-state index contributed by atoms with van der Waals surface area (Å²) >= 11 is 0. The summed E-state index contributed by atoms with van der Waals surface area (Å²) in [7, 11) is -3.14. The SMILES string of the molecule is CS(=O)(=O)N1CCC(N(N)c2c(N)cnc3[nH]ccc23)CC1. The number of rotatable bonds is 3. The molecule has 120 valence electrons. The van der Waals surface area contributed by atoms with Crippen LogP contribution in [0.25, 0.3) is 11.0 Å². The summed E-state index contributed by atoms with van der Waals surface area (Å²) in [5.41, 5.74) is 8.03. The van der Waals surface area contributed by atoms with Gasteiger partial charge in [-0.3, -0.25) is 0 Å². The summed E-state index contributed by atoms with van der Waals surface area (Å²) < 4.78 is 24.6. The van der Waals surface area contributed by atoms with Gasteiger partial charge in [-0.15, -0.1) is 0 Å². The predicted octanol–water partition coefficient (Wildman–Crippen LogP) is 0.249. The molecule has 5 N–H and O–H groups in total. The number of nitrogens with zero attached hydrogens (tertiary/aromatic N) is 3. The third-order valence-electron chi connectivity index (χ3n) is 4.13. The number of hydrogen-bond donors (Lipinski definition) is 3. The van der Waals surface area contributed by atoms with E-state index in [0.29, 0.717) is 31.6 Å². The van der Waals surface area contributed by atoms with Gasteiger partial charge in [0.15, 0.2) is 0 Å². The number of aromatic nitrogens is 2. The Hall–Kier alpha value is -1.84. The summed E-state index contributed by atoms with van der Waals surface area (Å²) in [5, 5.41) is 2.53. The Balaban J connectivity index is 1.84. The van der Waals surface area contributed by atoms with Gasteiger partial charge >= 0.3 is 0 Å². The van der Waals surface area contributed by atoms with Crippen LogP contribution in [0.5, 0.6) is 0 Å². The number of anilines is 2. The van der Waals surface area contributed by atoms with Crippen molar-refractivity contribution in [3.05, 3.63) is 18.5 Å². The Morgan fingerprint density at radius 2 is 2.09 bits per heavy atom. The summed E-state index contributed by atoms with van der Waals surface area (Å²) in [6, 6.07) is 1.93. The second kappa shape index (κ2) is 5.41. The highest BCUT2D eigenvalue weighted by Crippen LogP contribution is 2.32. The van der Waals surface area contributed by atoms with Crippen molar-refractivity contribution in [2.75, 3.05) is 30.1 Å². The molecule has 2 aromatic rings. The number of nitrogens with one attached hydrogen (secondary N) is 1. The largest absolute Gasteiger partial charge is 0.396 e. The van der Waals surface area contributed by atoms with Crippen molar-refractivity contribution in [1.29, 1.82) is 0 Å². The van der Waals surface area contributed by atoms with Gasteiger partial charge in [0.2, 0.25) is 10.0 Å². The molecule has 3 heterocycles. The molecule has 22 heavy (non-hydrogen) atoms. The first-order valence-electron chi connectivity index (χ1n) is 7.08. The fourth-order valence-electron chi connectivity index (χ4n) is 2.93. The summed E-state index contributed by atoms with van der Waals surface area (Å²) in [4.78, 5) is 7.26. The molecule has 0 aromatic carbocycles. The number of fused-ring (bicyclic) bond motifs is 1. The van der Waals surface area contributed by atoms with E-state index in [1.165, 1.54) is 10.6 Å². The van der Waals surface area contributed by atoms with E-state index in [1.807, 2.05) is 6.07 Å². The molecule has 0 saturated carbocycles. The van der Waals surface area contributed by atoms with Gasteiger partial charge in [0.25, 0.3) is 0 Å². The first-order chi connectivity index (χ1) is 10.4. The Morgan fingerprint density at radius 1 is 1.41 bits per heavy atom. The molecule has 2 aromatic heterocycles. The lowest BCUT2D eigenvalue weighted by Gasteiger charge is -2.36. The molecule has 9 heteroatoms. The number of H-pyrrole nitrogens is 1. The first kappa shape index (κ1) is 15.1. The van der Waals surface area contributed by atoms with Gasteiger partial charge in [-0.1, -0.05) is 0 Å². The molecule has 8 nitrogen and oxygen atoms in total. The van der Waals surface area contributed by atoms with E-state index < -0.39 is 10.0 Å². The Morgan fingerprint density at radius 3 is 2.73 bits per heavy atom. The van der Waals surface area contributed by atoms with Crippen molar-refractivity contribution in [2.45, 2.75) is 18.9 Å². The van der Waals surface area contributed by atoms with Gasteiger partial charge in [0.1, 0.15) is 5.65 Å². The minimum Gasteiger partial charge on any atom is -0.396 e. The molecule has 0 atom stereocenters. The van der Waals surface area contributed by atoms with Crippen molar-refractivity contribution in [2.24, 2.45) is 5.84 Å². The molecule has 0 bridgehead atoms. The third-order valence-corrected chi connectivity index (χ3v) is 5.43. The number of hydrogen-bond acceptors (Lipinski definition) is 6. The summed E-state index contributed by atoms with van der Waals surface area (Å²) in [5.74, 6) is 6.29. The zero-order valence-electron chi connectivity index (χ0n) is 12.4. The normalized spacial score (nSPS) is 17.9. The summed E-state index contributed by atoms with van der Waals surface area (Å²) in [6.07, 6.45) is 5.94. The molecule has 1 aliphatic heterocycles. The van der Waals surface area contributed by atoms with E-state index in [1.54, 1.807) is 17.4 Å². The smallest absolute Gasteiger partial charge is 0.211 e. The topological polar surface area (TPSA) is 121 Å². The Labute approximate surface area is 129 Å². The fraction of sp³-hybridized carbons (Fsp3) is 0.462. The van der Waals surface area contributed by atoms with Crippen LogP contribution in [0.1, 0.15) is 12.8 Å². The number of aromatic amines is 1. The van der Waals surface area contributed by atoms with E-state index in [2.05, 4.69) is 9.97 Å². The first-order valence-corrected chi connectivity index (χ1v) is 8.93.